The van der Waals surface area contributed by atoms with Gasteiger partial charge in [0.2, 0.25) is 0 Å². The highest BCUT2D eigenvalue weighted by Crippen LogP contribution is 2.52. The predicted octanol–water partition coefficient (Wildman–Crippen LogP) is 11.6. The molecular formula is C48H47BN2O. The van der Waals surface area contributed by atoms with Crippen LogP contribution in [-0.4, -0.2) is 11.3 Å². The smallest absolute Gasteiger partial charge is 0.333 e. The van der Waals surface area contributed by atoms with Crippen molar-refractivity contribution in [2.75, 3.05) is 4.90 Å². The summed E-state index contributed by atoms with van der Waals surface area (Å²) in [6.45, 7) is 21.2. The molecule has 0 fully saturated rings. The van der Waals surface area contributed by atoms with E-state index in [0.29, 0.717) is 0 Å². The van der Waals surface area contributed by atoms with Crippen LogP contribution in [-0.2, 0) is 22.7 Å². The van der Waals surface area contributed by atoms with Gasteiger partial charge in [0.25, 0.3) is 0 Å². The van der Waals surface area contributed by atoms with E-state index in [9.17, 15) is 0 Å². The van der Waals surface area contributed by atoms with E-state index in [2.05, 4.69) is 169 Å². The number of aromatic nitrogens is 1. The molecule has 2 aromatic heterocycles. The van der Waals surface area contributed by atoms with Gasteiger partial charge >= 0.3 is 6.85 Å². The summed E-state index contributed by atoms with van der Waals surface area (Å²) in [6.07, 6.45) is 4.59. The Kier molecular flexibility index (Phi) is 6.32. The Bertz CT molecular complexity index is 2670. The predicted molar refractivity (Wildman–Crippen MR) is 222 cm³/mol. The van der Waals surface area contributed by atoms with Crippen molar-refractivity contribution in [3.05, 3.63) is 131 Å². The quantitative estimate of drug-likeness (QED) is 0.161. The molecule has 0 spiro atoms. The number of fused-ring (bicyclic) bond motifs is 11. The first kappa shape index (κ1) is 31.8. The van der Waals surface area contributed by atoms with Crippen LogP contribution in [0.1, 0.15) is 102 Å². The lowest BCUT2D eigenvalue weighted by molar-refractivity contribution is 0.568. The number of aryl methyl sites for hydroxylation is 1. The average molecular weight is 679 g/mol. The maximum atomic E-state index is 6.87. The van der Waals surface area contributed by atoms with Crippen molar-refractivity contribution < 1.29 is 4.42 Å². The van der Waals surface area contributed by atoms with Crippen LogP contribution in [0.15, 0.2) is 101 Å². The number of anilines is 3. The highest BCUT2D eigenvalue weighted by molar-refractivity contribution is 6.89. The van der Waals surface area contributed by atoms with Gasteiger partial charge in [-0.1, -0.05) is 129 Å². The van der Waals surface area contributed by atoms with Crippen molar-refractivity contribution in [1.29, 1.82) is 0 Å². The molecule has 0 N–H and O–H groups in total. The third-order valence-corrected chi connectivity index (χ3v) is 12.0. The third kappa shape index (κ3) is 4.27. The largest absolute Gasteiger partial charge is 0.456 e. The van der Waals surface area contributed by atoms with E-state index in [1.54, 1.807) is 0 Å². The van der Waals surface area contributed by atoms with Crippen LogP contribution in [0.25, 0.3) is 38.4 Å². The summed E-state index contributed by atoms with van der Waals surface area (Å²) in [7, 11) is 0. The van der Waals surface area contributed by atoms with Gasteiger partial charge in [0.15, 0.2) is 0 Å². The van der Waals surface area contributed by atoms with Crippen molar-refractivity contribution in [3.63, 3.8) is 0 Å². The van der Waals surface area contributed by atoms with E-state index in [-0.39, 0.29) is 23.1 Å². The number of rotatable bonds is 1. The Hall–Kier alpha value is -4.96. The van der Waals surface area contributed by atoms with E-state index < -0.39 is 0 Å². The maximum Gasteiger partial charge on any atom is 0.333 e. The molecule has 4 heteroatoms. The number of furan rings is 1. The molecule has 3 aliphatic rings. The van der Waals surface area contributed by atoms with E-state index in [4.69, 9.17) is 4.42 Å². The molecule has 0 saturated heterocycles. The molecule has 258 valence electrons. The molecule has 0 saturated carbocycles. The number of hydrogen-bond acceptors (Lipinski definition) is 2. The molecule has 10 rings (SSSR count). The topological polar surface area (TPSA) is 21.3 Å². The zero-order valence-corrected chi connectivity index (χ0v) is 32.0. The summed E-state index contributed by atoms with van der Waals surface area (Å²) in [4.78, 5) is 2.67. The standard InChI is InChI=1S/C48H47BN2O/c1-46(2,3)28-24-29(47(4,5)6)26-30(25-28)50-44-36(48(7,8)9)20-15-21-37(44)49-42-35(27-40-41(45(42)50)34-17-11-13-23-39(34)52-40)33-19-14-18-32-31-16-10-12-22-38(31)51(49)43(32)33/h10-13,15-17,19-27H,14,18H2,1-9H3. The summed E-state index contributed by atoms with van der Waals surface area (Å²) in [6, 6.07) is 34.7. The normalized spacial score (nSPS) is 15.3. The van der Waals surface area contributed by atoms with Gasteiger partial charge in [-0.3, -0.25) is 0 Å². The van der Waals surface area contributed by atoms with Gasteiger partial charge in [-0.2, -0.15) is 0 Å². The number of benzene rings is 5. The molecule has 0 atom stereocenters. The summed E-state index contributed by atoms with van der Waals surface area (Å²) in [5.41, 5.74) is 19.1. The highest BCUT2D eigenvalue weighted by atomic mass is 16.3. The fourth-order valence-corrected chi connectivity index (χ4v) is 9.49. The monoisotopic (exact) mass is 678 g/mol. The van der Waals surface area contributed by atoms with E-state index in [1.165, 1.54) is 88.7 Å². The number of allylic oxidation sites excluding steroid dienone is 1. The molecule has 0 amide bonds. The van der Waals surface area contributed by atoms with Gasteiger partial charge in [0.1, 0.15) is 11.2 Å². The first-order valence-electron chi connectivity index (χ1n) is 19.1. The van der Waals surface area contributed by atoms with Gasteiger partial charge in [0.05, 0.1) is 11.1 Å². The van der Waals surface area contributed by atoms with Crippen molar-refractivity contribution in [1.82, 2.24) is 4.48 Å². The van der Waals surface area contributed by atoms with Gasteiger partial charge < -0.3 is 13.8 Å². The molecule has 0 bridgehead atoms. The van der Waals surface area contributed by atoms with Gasteiger partial charge in [-0.05, 0) is 98.2 Å². The van der Waals surface area contributed by atoms with Crippen LogP contribution < -0.4 is 15.8 Å². The Morgan fingerprint density at radius 2 is 1.35 bits per heavy atom. The Labute approximate surface area is 308 Å². The fraction of sp³-hybridized carbons (Fsp3) is 0.292. The van der Waals surface area contributed by atoms with E-state index in [1.807, 2.05) is 0 Å². The number of para-hydroxylation sites is 3. The van der Waals surface area contributed by atoms with Crippen LogP contribution in [0.2, 0.25) is 0 Å². The van der Waals surface area contributed by atoms with Crippen molar-refractivity contribution in [3.8, 4) is 0 Å². The zero-order valence-electron chi connectivity index (χ0n) is 32.0. The second-order valence-electron chi connectivity index (χ2n) is 18.5. The van der Waals surface area contributed by atoms with Crippen molar-refractivity contribution in [2.24, 2.45) is 0 Å². The Morgan fingerprint density at radius 1 is 0.654 bits per heavy atom. The minimum absolute atomic E-state index is 0.00778. The SMILES string of the molecule is CC(C)(C)c1cc(N2c3c(cccc3C(C)(C)C)B3c4c(cc5oc6ccccc6c5c42)C2=CCCc4c2n3c2ccccc42)cc(C(C)(C)C)c1. The van der Waals surface area contributed by atoms with Crippen LogP contribution in [0.4, 0.5) is 17.1 Å². The summed E-state index contributed by atoms with van der Waals surface area (Å²) in [5.74, 6) is 0. The minimum Gasteiger partial charge on any atom is -0.456 e. The second kappa shape index (κ2) is 10.3. The third-order valence-electron chi connectivity index (χ3n) is 12.0. The van der Waals surface area contributed by atoms with Crippen molar-refractivity contribution >= 4 is 73.2 Å². The lowest BCUT2D eigenvalue weighted by atomic mass is 9.44. The molecule has 0 unspecified atom stereocenters. The summed E-state index contributed by atoms with van der Waals surface area (Å²) >= 11 is 0. The summed E-state index contributed by atoms with van der Waals surface area (Å²) in [5, 5.41) is 3.75. The molecule has 7 aromatic rings. The molecule has 3 nitrogen and oxygen atoms in total. The first-order chi connectivity index (χ1) is 24.7. The lowest BCUT2D eigenvalue weighted by Crippen LogP contribution is -2.58. The van der Waals surface area contributed by atoms with Crippen LogP contribution in [0.5, 0.6) is 0 Å². The van der Waals surface area contributed by atoms with E-state index in [0.717, 1.165) is 24.0 Å². The molecular weight excluding hydrogens is 631 g/mol. The molecule has 0 radical (unpaired) electrons. The zero-order chi connectivity index (χ0) is 36.1. The second-order valence-corrected chi connectivity index (χ2v) is 18.5. The van der Waals surface area contributed by atoms with E-state index >= 15 is 0 Å². The van der Waals surface area contributed by atoms with Crippen LogP contribution >= 0.6 is 0 Å². The number of hydrogen-bond donors (Lipinski definition) is 0. The highest BCUT2D eigenvalue weighted by Gasteiger charge is 2.47. The van der Waals surface area contributed by atoms with Crippen molar-refractivity contribution in [2.45, 2.75) is 91.4 Å². The van der Waals surface area contributed by atoms with Gasteiger partial charge in [0, 0.05) is 38.9 Å². The molecule has 52 heavy (non-hydrogen) atoms. The van der Waals surface area contributed by atoms with Gasteiger partial charge in [-0.25, -0.2) is 0 Å². The van der Waals surface area contributed by atoms with Gasteiger partial charge in [-0.15, -0.1) is 0 Å². The molecule has 4 heterocycles. The Balaban J connectivity index is 1.45. The van der Waals surface area contributed by atoms with Crippen LogP contribution in [0, 0.1) is 0 Å². The molecule has 2 aliphatic heterocycles. The first-order valence-corrected chi connectivity index (χ1v) is 19.1. The lowest BCUT2D eigenvalue weighted by Gasteiger charge is -2.44. The maximum absolute atomic E-state index is 6.87. The van der Waals surface area contributed by atoms with Crippen LogP contribution in [0.3, 0.4) is 0 Å². The number of nitrogens with zero attached hydrogens (tertiary/aromatic N) is 2. The molecule has 5 aromatic carbocycles. The minimum atomic E-state index is -0.108. The average Bonchev–Trinajstić information content (AvgIpc) is 3.64. The summed E-state index contributed by atoms with van der Waals surface area (Å²) < 4.78 is 9.59. The fourth-order valence-electron chi connectivity index (χ4n) is 9.49. The molecule has 1 aliphatic carbocycles. The Morgan fingerprint density at radius 3 is 2.06 bits per heavy atom.